The van der Waals surface area contributed by atoms with Gasteiger partial charge in [-0.2, -0.15) is 0 Å². The van der Waals surface area contributed by atoms with E-state index in [0.717, 1.165) is 48.1 Å². The third-order valence-electron chi connectivity index (χ3n) is 12.6. The SMILES string of the molecule is Cc1ccc(C[C@H]2NC(=O)[C@@H]3C[C@@H](O)CN3C(=O)[C@H](C(C)(C)C)NC(=O)CSC[C@H](C(N)=O)NC(=O)[C@@H](CNC(=O)C[C@@H]3N=C(c4ccc(Cl)cc4)c4c(sc(C)c4C)-n4c(C)nnc43)NC(=O)CNC2=O)s1. The van der Waals surface area contributed by atoms with Crippen LogP contribution in [0.1, 0.15) is 82.6 Å². The van der Waals surface area contributed by atoms with E-state index in [4.69, 9.17) is 22.3 Å². The van der Waals surface area contributed by atoms with Gasteiger partial charge in [-0.1, -0.05) is 44.5 Å². The number of thiophene rings is 2. The molecule has 0 unspecified atom stereocenters. The first kappa shape index (κ1) is 54.6. The summed E-state index contributed by atoms with van der Waals surface area (Å²) in [5.74, 6) is -5.65. The second-order valence-corrected chi connectivity index (χ2v) is 23.3. The van der Waals surface area contributed by atoms with Crippen LogP contribution in [0.25, 0.3) is 5.00 Å². The third kappa shape index (κ3) is 12.9. The van der Waals surface area contributed by atoms with Gasteiger partial charge in [0.05, 0.1) is 30.5 Å². The van der Waals surface area contributed by atoms with Crippen molar-refractivity contribution in [1.82, 2.24) is 51.6 Å². The van der Waals surface area contributed by atoms with Gasteiger partial charge in [-0.3, -0.25) is 47.9 Å². The number of primary amides is 1. The molecule has 21 nitrogen and oxygen atoms in total. The molecule has 3 aliphatic heterocycles. The number of aliphatic imine (C=N–C) groups is 1. The normalized spacial score (nSPS) is 23.8. The number of halogens is 1. The zero-order chi connectivity index (χ0) is 53.1. The van der Waals surface area contributed by atoms with Crippen LogP contribution in [0.15, 0.2) is 41.4 Å². The van der Waals surface area contributed by atoms with Gasteiger partial charge in [0.25, 0.3) is 0 Å². The number of rotatable bonds is 8. The van der Waals surface area contributed by atoms with Gasteiger partial charge in [-0.05, 0) is 62.9 Å². The van der Waals surface area contributed by atoms with Crippen LogP contribution < -0.4 is 37.6 Å². The van der Waals surface area contributed by atoms with Crippen molar-refractivity contribution in [3.05, 3.63) is 84.4 Å². The smallest absolute Gasteiger partial charge is 0.246 e. The van der Waals surface area contributed by atoms with E-state index in [1.54, 1.807) is 57.2 Å². The number of nitrogens with zero attached hydrogens (tertiary/aromatic N) is 5. The van der Waals surface area contributed by atoms with E-state index >= 15 is 0 Å². The topological polar surface area (TPSA) is 301 Å². The molecular weight excluding hydrogens is 1020 g/mol. The minimum Gasteiger partial charge on any atom is -0.391 e. The monoisotopic (exact) mass is 1080 g/mol. The summed E-state index contributed by atoms with van der Waals surface area (Å²) in [7, 11) is 0. The van der Waals surface area contributed by atoms with Crippen LogP contribution >= 0.6 is 46.0 Å². The zero-order valence-corrected chi connectivity index (χ0v) is 44.5. The fraction of sp³-hybridized carbons (Fsp3) is 0.479. The van der Waals surface area contributed by atoms with Gasteiger partial charge in [-0.25, -0.2) is 0 Å². The second kappa shape index (κ2) is 22.9. The van der Waals surface area contributed by atoms with Crippen molar-refractivity contribution in [1.29, 1.82) is 0 Å². The molecule has 8 amide bonds. The molecule has 0 bridgehead atoms. The van der Waals surface area contributed by atoms with Crippen LogP contribution in [0.5, 0.6) is 0 Å². The Morgan fingerprint density at radius 1 is 0.890 bits per heavy atom. The summed E-state index contributed by atoms with van der Waals surface area (Å²) in [6, 6.07) is 3.34. The van der Waals surface area contributed by atoms with Crippen molar-refractivity contribution >= 4 is 99.0 Å². The molecule has 1 aromatic carbocycles. The number of aliphatic hydroxyl groups is 1. The second-order valence-electron chi connectivity index (χ2n) is 19.3. The van der Waals surface area contributed by atoms with Crippen molar-refractivity contribution in [2.75, 3.05) is 31.1 Å². The Labute approximate surface area is 438 Å². The molecule has 2 fully saturated rings. The fourth-order valence-corrected chi connectivity index (χ4v) is 11.8. The van der Waals surface area contributed by atoms with E-state index in [2.05, 4.69) is 42.1 Å². The number of carbonyl (C=O) groups is 8. The molecule has 7 rings (SSSR count). The number of aliphatic hydroxyl groups excluding tert-OH is 1. The first-order valence-electron chi connectivity index (χ1n) is 23.5. The van der Waals surface area contributed by atoms with Gasteiger partial charge in [0.15, 0.2) is 5.82 Å². The molecule has 6 heterocycles. The van der Waals surface area contributed by atoms with Crippen LogP contribution in [-0.2, 0) is 44.8 Å². The molecule has 7 atom stereocenters. The highest BCUT2D eigenvalue weighted by Crippen LogP contribution is 2.40. The van der Waals surface area contributed by atoms with E-state index in [1.807, 2.05) is 43.5 Å². The van der Waals surface area contributed by atoms with Gasteiger partial charge < -0.3 is 47.6 Å². The van der Waals surface area contributed by atoms with Crippen molar-refractivity contribution in [2.45, 2.75) is 110 Å². The Kier molecular flexibility index (Phi) is 17.1. The summed E-state index contributed by atoms with van der Waals surface area (Å²) in [4.78, 5) is 119. The highest BCUT2D eigenvalue weighted by Gasteiger charge is 2.45. The highest BCUT2D eigenvalue weighted by molar-refractivity contribution is 8.00. The summed E-state index contributed by atoms with van der Waals surface area (Å²) >= 11 is 10.1. The molecule has 3 aliphatic rings. The van der Waals surface area contributed by atoms with Crippen LogP contribution in [0.3, 0.4) is 0 Å². The molecule has 2 saturated heterocycles. The zero-order valence-electron chi connectivity index (χ0n) is 41.3. The molecule has 73 heavy (non-hydrogen) atoms. The van der Waals surface area contributed by atoms with E-state index in [0.29, 0.717) is 22.4 Å². The number of thioether (sulfide) groups is 1. The first-order chi connectivity index (χ1) is 34.5. The van der Waals surface area contributed by atoms with Gasteiger partial charge in [0.1, 0.15) is 47.1 Å². The molecule has 3 aromatic heterocycles. The van der Waals surface area contributed by atoms with E-state index in [-0.39, 0.29) is 37.3 Å². The van der Waals surface area contributed by atoms with Crippen molar-refractivity contribution in [3.63, 3.8) is 0 Å². The van der Waals surface area contributed by atoms with Crippen molar-refractivity contribution < 1.29 is 43.5 Å². The molecular formula is C48H59ClN12O9S3. The number of nitrogens with one attached hydrogen (secondary N) is 6. The van der Waals surface area contributed by atoms with Crippen LogP contribution in [-0.4, -0.2) is 145 Å². The van der Waals surface area contributed by atoms with Crippen LogP contribution in [0.2, 0.25) is 5.02 Å². The number of fused-ring (bicyclic) bond motifs is 4. The number of aryl methyl sites for hydroxylation is 3. The lowest BCUT2D eigenvalue weighted by Gasteiger charge is -2.35. The van der Waals surface area contributed by atoms with Crippen molar-refractivity contribution in [3.8, 4) is 5.00 Å². The summed E-state index contributed by atoms with van der Waals surface area (Å²) in [6.45, 7) is 11.4. The number of amides is 8. The minimum absolute atomic E-state index is 0.000407. The number of hydrogen-bond donors (Lipinski definition) is 8. The molecule has 0 aliphatic carbocycles. The highest BCUT2D eigenvalue weighted by atomic mass is 35.5. The maximum absolute atomic E-state index is 14.2. The van der Waals surface area contributed by atoms with Crippen LogP contribution in [0, 0.1) is 33.1 Å². The number of nitrogens with two attached hydrogens (primary N) is 1. The predicted octanol–water partition coefficient (Wildman–Crippen LogP) is 1.21. The van der Waals surface area contributed by atoms with E-state index in [9.17, 15) is 43.5 Å². The lowest BCUT2D eigenvalue weighted by atomic mass is 9.85. The molecule has 0 spiro atoms. The number of benzene rings is 1. The summed E-state index contributed by atoms with van der Waals surface area (Å²) < 4.78 is 1.88. The lowest BCUT2D eigenvalue weighted by Crippen LogP contribution is -2.59. The first-order valence-corrected chi connectivity index (χ1v) is 26.7. The molecule has 0 saturated carbocycles. The quantitative estimate of drug-likeness (QED) is 0.124. The van der Waals surface area contributed by atoms with Gasteiger partial charge in [0, 0.05) is 62.5 Å². The van der Waals surface area contributed by atoms with E-state index in [1.165, 1.54) is 16.2 Å². The Morgan fingerprint density at radius 3 is 2.29 bits per heavy atom. The van der Waals surface area contributed by atoms with Crippen LogP contribution in [0.4, 0.5) is 0 Å². The Hall–Kier alpha value is -6.21. The summed E-state index contributed by atoms with van der Waals surface area (Å²) in [5, 5.41) is 36.7. The number of carbonyl (C=O) groups excluding carboxylic acids is 8. The molecule has 390 valence electrons. The molecule has 9 N–H and O–H groups in total. The molecule has 0 radical (unpaired) electrons. The van der Waals surface area contributed by atoms with Gasteiger partial charge >= 0.3 is 0 Å². The van der Waals surface area contributed by atoms with Crippen molar-refractivity contribution in [2.24, 2.45) is 16.1 Å². The maximum atomic E-state index is 14.2. The van der Waals surface area contributed by atoms with E-state index < -0.39 is 108 Å². The largest absolute Gasteiger partial charge is 0.391 e. The van der Waals surface area contributed by atoms with Gasteiger partial charge in [-0.15, -0.1) is 44.6 Å². The maximum Gasteiger partial charge on any atom is 0.246 e. The Morgan fingerprint density at radius 2 is 1.62 bits per heavy atom. The fourth-order valence-electron chi connectivity index (χ4n) is 8.67. The molecule has 4 aromatic rings. The average Bonchev–Trinajstić information content (AvgIpc) is 4.09. The Bertz CT molecular complexity index is 2840. The predicted molar refractivity (Wildman–Crippen MR) is 276 cm³/mol. The standard InChI is InChI=1S/C48H59ClN12O9S3/c1-22-8-13-29(72-22)15-31-43(67)52-18-36(64)53-32(44(68)56-33(41(50)66)20-71-21-37(65)57-40(48(5,6)7)46(70)60-19-28(62)14-34(60)45(69)55-31)17-51-35(63)16-30-42-59-58-25(4)61(42)47-38(23(2)24(3)73-47)39(54-30)26-9-11-27(49)12-10-26/h8-13,28,30-34,40,62H,14-21H2,1-7H3,(H2,50,66)(H,51,63)(H,52,67)(H,53,64)(H,55,69)(H,56,68)(H,57,65)/t28-,30+,31-,32-,33-,34+,40-/m1/s1. The lowest BCUT2D eigenvalue weighted by molar-refractivity contribution is -0.144. The minimum atomic E-state index is -1.55. The number of aromatic nitrogens is 3. The Balaban J connectivity index is 1.15. The van der Waals surface area contributed by atoms with Gasteiger partial charge in [0.2, 0.25) is 47.3 Å². The molecule has 25 heteroatoms. The summed E-state index contributed by atoms with van der Waals surface area (Å²) in [6.07, 6.45) is -1.51. The average molecular weight is 1080 g/mol. The third-order valence-corrected chi connectivity index (χ3v) is 16.1. The number of hydrogen-bond acceptors (Lipinski definition) is 15. The summed E-state index contributed by atoms with van der Waals surface area (Å²) in [5.41, 5.74) is 8.05.